The summed E-state index contributed by atoms with van der Waals surface area (Å²) in [5.41, 5.74) is 6.71. The summed E-state index contributed by atoms with van der Waals surface area (Å²) in [6, 6.07) is 7.31. The van der Waals surface area contributed by atoms with Gasteiger partial charge in [-0.2, -0.15) is 0 Å². The van der Waals surface area contributed by atoms with Crippen LogP contribution in [0.5, 0.6) is 0 Å². The zero-order valence-corrected chi connectivity index (χ0v) is 19.2. The molecule has 1 aromatic carbocycles. The van der Waals surface area contributed by atoms with E-state index in [1.165, 1.54) is 41.6 Å². The van der Waals surface area contributed by atoms with E-state index in [1.54, 1.807) is 6.33 Å². The van der Waals surface area contributed by atoms with Crippen molar-refractivity contribution in [3.63, 3.8) is 0 Å². The molecule has 0 bridgehead atoms. The topological polar surface area (TPSA) is 56.8 Å². The van der Waals surface area contributed by atoms with E-state index in [9.17, 15) is 0 Å². The van der Waals surface area contributed by atoms with Gasteiger partial charge in [-0.15, -0.1) is 11.8 Å². The Kier molecular flexibility index (Phi) is 7.08. The number of aryl methyl sites for hydroxylation is 3. The summed E-state index contributed by atoms with van der Waals surface area (Å²) in [7, 11) is 0. The van der Waals surface area contributed by atoms with Crippen molar-refractivity contribution in [3.8, 4) is 0 Å². The van der Waals surface area contributed by atoms with Crippen LogP contribution in [0, 0.1) is 20.8 Å². The molecule has 3 aromatic rings. The molecule has 0 spiro atoms. The molecular weight excluding hydrogens is 390 g/mol. The molecular formula is C24H33N5S. The molecule has 0 saturated carbocycles. The molecule has 2 aromatic heterocycles. The van der Waals surface area contributed by atoms with Crippen molar-refractivity contribution in [3.05, 3.63) is 53.0 Å². The number of hydrogen-bond acceptors (Lipinski definition) is 5. The monoisotopic (exact) mass is 423 g/mol. The van der Waals surface area contributed by atoms with Crippen molar-refractivity contribution < 1.29 is 0 Å². The SMILES string of the molecule is Cc1cc(C)c(CC2CNCCN2CCCCSc2ncnc3[nH]ccc23)c(C)c1. The number of aromatic amines is 1. The van der Waals surface area contributed by atoms with Crippen LogP contribution in [0.4, 0.5) is 0 Å². The van der Waals surface area contributed by atoms with E-state index in [0.717, 1.165) is 47.9 Å². The first-order chi connectivity index (χ1) is 14.6. The smallest absolute Gasteiger partial charge is 0.141 e. The molecule has 1 atom stereocenters. The van der Waals surface area contributed by atoms with E-state index in [1.807, 2.05) is 18.0 Å². The summed E-state index contributed by atoms with van der Waals surface area (Å²) in [5.74, 6) is 1.10. The van der Waals surface area contributed by atoms with Gasteiger partial charge in [0.1, 0.15) is 17.0 Å². The highest BCUT2D eigenvalue weighted by Crippen LogP contribution is 2.25. The van der Waals surface area contributed by atoms with E-state index < -0.39 is 0 Å². The van der Waals surface area contributed by atoms with Crippen LogP contribution in [0.25, 0.3) is 11.0 Å². The molecule has 0 radical (unpaired) electrons. The number of unbranched alkanes of at least 4 members (excludes halogenated alkanes) is 1. The number of aromatic nitrogens is 3. The molecule has 1 aliphatic rings. The summed E-state index contributed by atoms with van der Waals surface area (Å²) >= 11 is 1.85. The molecule has 0 amide bonds. The third kappa shape index (κ3) is 5.05. The molecule has 4 rings (SSSR count). The highest BCUT2D eigenvalue weighted by Gasteiger charge is 2.23. The van der Waals surface area contributed by atoms with Crippen molar-refractivity contribution in [1.82, 2.24) is 25.2 Å². The molecule has 0 aliphatic carbocycles. The predicted octanol–water partition coefficient (Wildman–Crippen LogP) is 4.27. The van der Waals surface area contributed by atoms with Gasteiger partial charge in [0.2, 0.25) is 0 Å². The van der Waals surface area contributed by atoms with Crippen LogP contribution < -0.4 is 5.32 Å². The second kappa shape index (κ2) is 9.94. The highest BCUT2D eigenvalue weighted by atomic mass is 32.2. The average Bonchev–Trinajstić information content (AvgIpc) is 3.21. The fourth-order valence-electron chi connectivity index (χ4n) is 4.62. The minimum Gasteiger partial charge on any atom is -0.346 e. The lowest BCUT2D eigenvalue weighted by molar-refractivity contribution is 0.158. The Balaban J connectivity index is 1.28. The molecule has 2 N–H and O–H groups in total. The fourth-order valence-corrected chi connectivity index (χ4v) is 5.60. The lowest BCUT2D eigenvalue weighted by Crippen LogP contribution is -2.52. The van der Waals surface area contributed by atoms with Gasteiger partial charge in [0, 0.05) is 31.9 Å². The number of fused-ring (bicyclic) bond motifs is 1. The summed E-state index contributed by atoms with van der Waals surface area (Å²) in [6.45, 7) is 11.2. The van der Waals surface area contributed by atoms with Crippen molar-refractivity contribution in [2.75, 3.05) is 31.9 Å². The van der Waals surface area contributed by atoms with E-state index >= 15 is 0 Å². The maximum Gasteiger partial charge on any atom is 0.141 e. The third-order valence-corrected chi connectivity index (χ3v) is 7.24. The Bertz CT molecular complexity index is 960. The van der Waals surface area contributed by atoms with Crippen LogP contribution in [0.2, 0.25) is 0 Å². The molecule has 1 unspecified atom stereocenters. The average molecular weight is 424 g/mol. The third-order valence-electron chi connectivity index (χ3n) is 6.15. The van der Waals surface area contributed by atoms with Crippen molar-refractivity contribution in [2.24, 2.45) is 0 Å². The van der Waals surface area contributed by atoms with Crippen LogP contribution in [0.3, 0.4) is 0 Å². The first-order valence-corrected chi connectivity index (χ1v) is 12.0. The quantitative estimate of drug-likeness (QED) is 0.322. The number of thioether (sulfide) groups is 1. The first kappa shape index (κ1) is 21.3. The predicted molar refractivity (Wildman–Crippen MR) is 126 cm³/mol. The summed E-state index contributed by atoms with van der Waals surface area (Å²) in [6.07, 6.45) is 7.18. The maximum atomic E-state index is 4.46. The Hall–Kier alpha value is -1.89. The molecule has 1 fully saturated rings. The molecule has 3 heterocycles. The number of nitrogens with one attached hydrogen (secondary N) is 2. The van der Waals surface area contributed by atoms with Gasteiger partial charge in [0.15, 0.2) is 0 Å². The lowest BCUT2D eigenvalue weighted by atomic mass is 9.93. The molecule has 6 heteroatoms. The number of nitrogens with zero attached hydrogens (tertiary/aromatic N) is 3. The normalized spacial score (nSPS) is 17.6. The highest BCUT2D eigenvalue weighted by molar-refractivity contribution is 7.99. The Labute approximate surface area is 184 Å². The number of benzene rings is 1. The number of piperazine rings is 1. The van der Waals surface area contributed by atoms with Crippen LogP contribution in [0.1, 0.15) is 35.1 Å². The number of rotatable bonds is 8. The van der Waals surface area contributed by atoms with Crippen LogP contribution in [-0.4, -0.2) is 57.8 Å². The van der Waals surface area contributed by atoms with Crippen LogP contribution >= 0.6 is 11.8 Å². The molecule has 30 heavy (non-hydrogen) atoms. The van der Waals surface area contributed by atoms with E-state index in [0.29, 0.717) is 6.04 Å². The standard InChI is InChI=1S/C24H33N5S/c1-17-12-18(2)22(19(3)13-17)14-20-15-25-8-10-29(20)9-4-5-11-30-24-21-6-7-26-23(21)27-16-28-24/h6-7,12-13,16,20,25H,4-5,8-11,14-15H2,1-3H3,(H,26,27,28). The van der Waals surface area contributed by atoms with Crippen molar-refractivity contribution >= 4 is 22.8 Å². The van der Waals surface area contributed by atoms with E-state index in [-0.39, 0.29) is 0 Å². The Morgan fingerprint density at radius 3 is 2.80 bits per heavy atom. The largest absolute Gasteiger partial charge is 0.346 e. The minimum absolute atomic E-state index is 0.591. The van der Waals surface area contributed by atoms with E-state index in [4.69, 9.17) is 0 Å². The van der Waals surface area contributed by atoms with Crippen molar-refractivity contribution in [1.29, 1.82) is 0 Å². The zero-order chi connectivity index (χ0) is 20.9. The van der Waals surface area contributed by atoms with Gasteiger partial charge in [0.25, 0.3) is 0 Å². The Morgan fingerprint density at radius 1 is 1.13 bits per heavy atom. The molecule has 1 aliphatic heterocycles. The summed E-state index contributed by atoms with van der Waals surface area (Å²) in [5, 5.41) is 5.83. The fraction of sp³-hybridized carbons (Fsp3) is 0.500. The number of hydrogen-bond donors (Lipinski definition) is 2. The molecule has 160 valence electrons. The lowest BCUT2D eigenvalue weighted by Gasteiger charge is -2.37. The van der Waals surface area contributed by atoms with Gasteiger partial charge >= 0.3 is 0 Å². The van der Waals surface area contributed by atoms with Gasteiger partial charge in [0.05, 0.1) is 5.39 Å². The molecule has 1 saturated heterocycles. The second-order valence-corrected chi connectivity index (χ2v) is 9.53. The zero-order valence-electron chi connectivity index (χ0n) is 18.4. The Morgan fingerprint density at radius 2 is 1.97 bits per heavy atom. The summed E-state index contributed by atoms with van der Waals surface area (Å²) < 4.78 is 0. The minimum atomic E-state index is 0.591. The van der Waals surface area contributed by atoms with Gasteiger partial charge in [-0.3, -0.25) is 4.90 Å². The van der Waals surface area contributed by atoms with Crippen molar-refractivity contribution in [2.45, 2.75) is 51.1 Å². The van der Waals surface area contributed by atoms with Crippen LogP contribution in [0.15, 0.2) is 35.7 Å². The van der Waals surface area contributed by atoms with E-state index in [2.05, 4.69) is 64.1 Å². The maximum absolute atomic E-state index is 4.46. The van der Waals surface area contributed by atoms with Gasteiger partial charge < -0.3 is 10.3 Å². The first-order valence-electron chi connectivity index (χ1n) is 11.0. The van der Waals surface area contributed by atoms with Gasteiger partial charge in [-0.05, 0) is 75.1 Å². The molecule has 5 nitrogen and oxygen atoms in total. The van der Waals surface area contributed by atoms with Crippen LogP contribution in [-0.2, 0) is 6.42 Å². The number of H-pyrrole nitrogens is 1. The summed E-state index contributed by atoms with van der Waals surface area (Å²) in [4.78, 5) is 14.6. The van der Waals surface area contributed by atoms with Gasteiger partial charge in [-0.25, -0.2) is 9.97 Å². The van der Waals surface area contributed by atoms with Gasteiger partial charge in [-0.1, -0.05) is 17.7 Å². The second-order valence-electron chi connectivity index (χ2n) is 8.45.